The second-order valence-electron chi connectivity index (χ2n) is 6.19. The van der Waals surface area contributed by atoms with Crippen molar-refractivity contribution in [2.24, 2.45) is 0 Å². The summed E-state index contributed by atoms with van der Waals surface area (Å²) in [4.78, 5) is 9.13. The normalized spacial score (nSPS) is 15.6. The van der Waals surface area contributed by atoms with Gasteiger partial charge in [0.1, 0.15) is 5.82 Å². The van der Waals surface area contributed by atoms with Gasteiger partial charge < -0.3 is 20.4 Å². The van der Waals surface area contributed by atoms with Gasteiger partial charge in [0.2, 0.25) is 0 Å². The van der Waals surface area contributed by atoms with Crippen molar-refractivity contribution in [3.05, 3.63) is 42.0 Å². The number of nitrogen functional groups attached to an aromatic ring is 1. The molecular formula is C18H17F3N4O. The van der Waals surface area contributed by atoms with Crippen molar-refractivity contribution >= 4 is 22.4 Å². The average Bonchev–Trinajstić information content (AvgIpc) is 3.04. The van der Waals surface area contributed by atoms with E-state index in [2.05, 4.69) is 9.97 Å². The highest BCUT2D eigenvalue weighted by molar-refractivity contribution is 5.82. The molecule has 0 spiro atoms. The van der Waals surface area contributed by atoms with Gasteiger partial charge in [0, 0.05) is 30.0 Å². The maximum atomic E-state index is 13.7. The number of hydrogen-bond acceptors (Lipinski definition) is 4. The Morgan fingerprint density at radius 1 is 1.08 bits per heavy atom. The number of alkyl halides is 3. The molecule has 0 unspecified atom stereocenters. The van der Waals surface area contributed by atoms with Gasteiger partial charge in [-0.1, -0.05) is 0 Å². The average molecular weight is 362 g/mol. The highest BCUT2D eigenvalue weighted by atomic mass is 19.4. The molecule has 0 aliphatic carbocycles. The van der Waals surface area contributed by atoms with Crippen molar-refractivity contribution in [3.8, 4) is 11.4 Å². The second-order valence-corrected chi connectivity index (χ2v) is 6.19. The van der Waals surface area contributed by atoms with Crippen LogP contribution in [0.4, 0.5) is 24.5 Å². The van der Waals surface area contributed by atoms with Crippen LogP contribution in [-0.2, 0) is 10.9 Å². The molecule has 26 heavy (non-hydrogen) atoms. The molecule has 0 amide bonds. The van der Waals surface area contributed by atoms with Crippen LogP contribution in [0.5, 0.6) is 0 Å². The van der Waals surface area contributed by atoms with Gasteiger partial charge in [0.05, 0.1) is 29.8 Å². The molecule has 8 heteroatoms. The van der Waals surface area contributed by atoms with E-state index < -0.39 is 11.7 Å². The summed E-state index contributed by atoms with van der Waals surface area (Å²) in [6.45, 7) is 1.72. The zero-order valence-corrected chi connectivity index (χ0v) is 13.8. The SMILES string of the molecule is Nc1ccc2[nH]c(-c3ccc(N4CCOCC4)c(C(F)(F)F)c3)nc2c1. The number of imidazole rings is 1. The molecule has 0 atom stereocenters. The number of benzene rings is 2. The van der Waals surface area contributed by atoms with Gasteiger partial charge in [-0.25, -0.2) is 4.98 Å². The Bertz CT molecular complexity index is 945. The molecule has 1 saturated heterocycles. The Balaban J connectivity index is 1.79. The van der Waals surface area contributed by atoms with Crippen molar-refractivity contribution in [2.75, 3.05) is 36.9 Å². The third kappa shape index (κ3) is 3.08. The number of morpholine rings is 1. The number of aromatic amines is 1. The minimum absolute atomic E-state index is 0.171. The fourth-order valence-corrected chi connectivity index (χ4v) is 3.15. The molecule has 0 radical (unpaired) electrons. The number of nitrogens with zero attached hydrogens (tertiary/aromatic N) is 2. The Morgan fingerprint density at radius 2 is 1.85 bits per heavy atom. The first-order valence-corrected chi connectivity index (χ1v) is 8.21. The number of nitrogens with one attached hydrogen (secondary N) is 1. The van der Waals surface area contributed by atoms with Crippen molar-refractivity contribution in [2.45, 2.75) is 6.18 Å². The van der Waals surface area contributed by atoms with E-state index in [0.717, 1.165) is 11.6 Å². The van der Waals surface area contributed by atoms with E-state index in [1.54, 1.807) is 29.2 Å². The standard InChI is InChI=1S/C18H17F3N4O/c19-18(20,21)13-9-11(1-4-16(13)25-5-7-26-8-6-25)17-23-14-3-2-12(22)10-15(14)24-17/h1-4,9-10H,5-8,22H2,(H,23,24). The third-order valence-electron chi connectivity index (χ3n) is 4.43. The second kappa shape index (κ2) is 6.21. The van der Waals surface area contributed by atoms with Gasteiger partial charge in [-0.05, 0) is 36.4 Å². The quantitative estimate of drug-likeness (QED) is 0.683. The van der Waals surface area contributed by atoms with Crippen LogP contribution < -0.4 is 10.6 Å². The van der Waals surface area contributed by atoms with E-state index in [-0.39, 0.29) is 5.69 Å². The van der Waals surface area contributed by atoms with E-state index in [1.807, 2.05) is 0 Å². The Hall–Kier alpha value is -2.74. The van der Waals surface area contributed by atoms with Gasteiger partial charge in [0.25, 0.3) is 0 Å². The highest BCUT2D eigenvalue weighted by Gasteiger charge is 2.35. The van der Waals surface area contributed by atoms with Crippen LogP contribution in [0.25, 0.3) is 22.4 Å². The van der Waals surface area contributed by atoms with Crippen molar-refractivity contribution in [1.29, 1.82) is 0 Å². The van der Waals surface area contributed by atoms with Gasteiger partial charge in [-0.3, -0.25) is 0 Å². The first-order chi connectivity index (χ1) is 12.4. The molecule has 2 heterocycles. The molecule has 1 aromatic heterocycles. The topological polar surface area (TPSA) is 67.2 Å². The predicted molar refractivity (Wildman–Crippen MR) is 94.0 cm³/mol. The molecule has 1 aliphatic heterocycles. The molecule has 0 bridgehead atoms. The fourth-order valence-electron chi connectivity index (χ4n) is 3.15. The van der Waals surface area contributed by atoms with E-state index in [9.17, 15) is 13.2 Å². The number of nitrogens with two attached hydrogens (primary N) is 1. The zero-order chi connectivity index (χ0) is 18.3. The number of aromatic nitrogens is 2. The van der Waals surface area contributed by atoms with Crippen molar-refractivity contribution < 1.29 is 17.9 Å². The Morgan fingerprint density at radius 3 is 2.58 bits per heavy atom. The molecule has 1 aliphatic rings. The molecule has 5 nitrogen and oxygen atoms in total. The minimum Gasteiger partial charge on any atom is -0.399 e. The minimum atomic E-state index is -4.46. The molecule has 3 aromatic rings. The molecule has 3 N–H and O–H groups in total. The van der Waals surface area contributed by atoms with Crippen LogP contribution in [0.3, 0.4) is 0 Å². The number of hydrogen-bond donors (Lipinski definition) is 2. The van der Waals surface area contributed by atoms with Crippen LogP contribution >= 0.6 is 0 Å². The number of anilines is 2. The summed E-state index contributed by atoms with van der Waals surface area (Å²) in [5.74, 6) is 0.379. The van der Waals surface area contributed by atoms with Crippen LogP contribution in [0.15, 0.2) is 36.4 Å². The van der Waals surface area contributed by atoms with Gasteiger partial charge >= 0.3 is 6.18 Å². The van der Waals surface area contributed by atoms with E-state index in [4.69, 9.17) is 10.5 Å². The maximum Gasteiger partial charge on any atom is 0.418 e. The highest BCUT2D eigenvalue weighted by Crippen LogP contribution is 2.39. The summed E-state index contributed by atoms with van der Waals surface area (Å²) in [5.41, 5.74) is 7.51. The monoisotopic (exact) mass is 362 g/mol. The van der Waals surface area contributed by atoms with Crippen molar-refractivity contribution in [1.82, 2.24) is 9.97 Å². The fraction of sp³-hybridized carbons (Fsp3) is 0.278. The number of H-pyrrole nitrogens is 1. The number of halogens is 3. The van der Waals surface area contributed by atoms with E-state index >= 15 is 0 Å². The van der Waals surface area contributed by atoms with E-state index in [1.165, 1.54) is 6.07 Å². The lowest BCUT2D eigenvalue weighted by atomic mass is 10.1. The summed E-state index contributed by atoms with van der Waals surface area (Å²) >= 11 is 0. The lowest BCUT2D eigenvalue weighted by molar-refractivity contribution is -0.137. The van der Waals surface area contributed by atoms with Crippen LogP contribution in [0, 0.1) is 0 Å². The molecule has 0 saturated carbocycles. The van der Waals surface area contributed by atoms with Crippen LogP contribution in [0.2, 0.25) is 0 Å². The Labute approximate surface area is 147 Å². The van der Waals surface area contributed by atoms with Crippen LogP contribution in [-0.4, -0.2) is 36.3 Å². The Kier molecular flexibility index (Phi) is 3.99. The summed E-state index contributed by atoms with van der Waals surface area (Å²) in [6.07, 6.45) is -4.46. The van der Waals surface area contributed by atoms with Gasteiger partial charge in [-0.15, -0.1) is 0 Å². The number of ether oxygens (including phenoxy) is 1. The molecule has 1 fully saturated rings. The van der Waals surface area contributed by atoms with Crippen LogP contribution in [0.1, 0.15) is 5.56 Å². The summed E-state index contributed by atoms with van der Waals surface area (Å²) in [7, 11) is 0. The lowest BCUT2D eigenvalue weighted by Crippen LogP contribution is -2.37. The van der Waals surface area contributed by atoms with Gasteiger partial charge in [0.15, 0.2) is 0 Å². The van der Waals surface area contributed by atoms with Gasteiger partial charge in [-0.2, -0.15) is 13.2 Å². The maximum absolute atomic E-state index is 13.7. The zero-order valence-electron chi connectivity index (χ0n) is 13.8. The molecule has 2 aromatic carbocycles. The molecule has 136 valence electrons. The smallest absolute Gasteiger partial charge is 0.399 e. The number of rotatable bonds is 2. The van der Waals surface area contributed by atoms with E-state index in [0.29, 0.717) is 48.9 Å². The molecule has 4 rings (SSSR count). The predicted octanol–water partition coefficient (Wildman–Crippen LogP) is 3.67. The first-order valence-electron chi connectivity index (χ1n) is 8.21. The third-order valence-corrected chi connectivity index (χ3v) is 4.43. The largest absolute Gasteiger partial charge is 0.418 e. The summed E-state index contributed by atoms with van der Waals surface area (Å²) < 4.78 is 46.2. The first kappa shape index (κ1) is 16.7. The summed E-state index contributed by atoms with van der Waals surface area (Å²) in [6, 6.07) is 9.46. The molecular weight excluding hydrogens is 345 g/mol. The van der Waals surface area contributed by atoms with Crippen molar-refractivity contribution in [3.63, 3.8) is 0 Å². The lowest BCUT2D eigenvalue weighted by Gasteiger charge is -2.31. The number of fused-ring (bicyclic) bond motifs is 1. The summed E-state index contributed by atoms with van der Waals surface area (Å²) in [5, 5.41) is 0.